The molecule has 0 aromatic carbocycles. The first-order chi connectivity index (χ1) is 4.81. The van der Waals surface area contributed by atoms with Crippen molar-refractivity contribution in [2.75, 3.05) is 0 Å². The van der Waals surface area contributed by atoms with Crippen molar-refractivity contribution >= 4 is 17.5 Å². The van der Waals surface area contributed by atoms with Crippen LogP contribution in [0.25, 0.3) is 0 Å². The molecule has 0 radical (unpaired) electrons. The van der Waals surface area contributed by atoms with Crippen LogP contribution in [0, 0.1) is 0 Å². The van der Waals surface area contributed by atoms with Crippen LogP contribution in [-0.2, 0) is 4.79 Å². The van der Waals surface area contributed by atoms with Crippen molar-refractivity contribution in [2.45, 2.75) is 33.2 Å². The topological polar surface area (TPSA) is 29.1 Å². The molecule has 0 aliphatic rings. The van der Waals surface area contributed by atoms with E-state index in [2.05, 4.69) is 5.32 Å². The molecule has 0 aliphatic heterocycles. The summed E-state index contributed by atoms with van der Waals surface area (Å²) in [5.74, 6) is -0.148. The fourth-order valence-electron chi connectivity index (χ4n) is 0.586. The van der Waals surface area contributed by atoms with Gasteiger partial charge in [-0.1, -0.05) is 11.6 Å². The summed E-state index contributed by atoms with van der Waals surface area (Å²) in [7, 11) is 0. The van der Waals surface area contributed by atoms with E-state index in [1.807, 2.05) is 20.8 Å². The van der Waals surface area contributed by atoms with Gasteiger partial charge in [0.25, 0.3) is 0 Å². The molecule has 64 valence electrons. The van der Waals surface area contributed by atoms with E-state index in [4.69, 9.17) is 11.6 Å². The van der Waals surface area contributed by atoms with Gasteiger partial charge in [-0.25, -0.2) is 0 Å². The lowest BCUT2D eigenvalue weighted by Crippen LogP contribution is -2.39. The Hall–Kier alpha value is -0.500. The first kappa shape index (κ1) is 10.5. The van der Waals surface area contributed by atoms with E-state index in [0.717, 1.165) is 0 Å². The summed E-state index contributed by atoms with van der Waals surface area (Å²) in [5.41, 5.74) is -0.195. The Morgan fingerprint density at radius 3 is 2.18 bits per heavy atom. The van der Waals surface area contributed by atoms with Gasteiger partial charge in [0.1, 0.15) is 0 Å². The number of nitrogens with one attached hydrogen (secondary N) is 1. The van der Waals surface area contributed by atoms with Crippen molar-refractivity contribution in [3.05, 3.63) is 11.1 Å². The molecule has 0 rings (SSSR count). The predicted molar refractivity (Wildman–Crippen MR) is 47.5 cm³/mol. The van der Waals surface area contributed by atoms with Crippen molar-refractivity contribution in [1.29, 1.82) is 0 Å². The maximum Gasteiger partial charge on any atom is 0.245 e. The Balaban J connectivity index is 4.00. The lowest BCUT2D eigenvalue weighted by Gasteiger charge is -2.18. The van der Waals surface area contributed by atoms with Crippen LogP contribution in [0.15, 0.2) is 11.1 Å². The molecule has 0 bridgehead atoms. The van der Waals surface area contributed by atoms with Gasteiger partial charge in [-0.05, 0) is 27.7 Å². The molecule has 0 aliphatic carbocycles. The van der Waals surface area contributed by atoms with Crippen LogP contribution in [0.1, 0.15) is 27.7 Å². The van der Waals surface area contributed by atoms with E-state index in [1.165, 1.54) is 6.08 Å². The van der Waals surface area contributed by atoms with Crippen molar-refractivity contribution < 1.29 is 4.79 Å². The number of halogens is 1. The minimum atomic E-state index is -0.195. The van der Waals surface area contributed by atoms with Crippen molar-refractivity contribution in [1.82, 2.24) is 5.32 Å². The van der Waals surface area contributed by atoms with Crippen LogP contribution in [0.3, 0.4) is 0 Å². The third-order valence-electron chi connectivity index (χ3n) is 0.828. The highest BCUT2D eigenvalue weighted by molar-refractivity contribution is 6.30. The standard InChI is InChI=1S/C8H14ClNO/c1-6(9)5-7(11)10-8(2,3)4/h5H,1-4H3,(H,10,11)/b6-5-. The molecule has 0 atom stereocenters. The van der Waals surface area contributed by atoms with Crippen LogP contribution in [-0.4, -0.2) is 11.4 Å². The Bertz CT molecular complexity index is 175. The predicted octanol–water partition coefficient (Wildman–Crippen LogP) is 2.04. The number of amides is 1. The van der Waals surface area contributed by atoms with Gasteiger partial charge >= 0.3 is 0 Å². The fraction of sp³-hybridized carbons (Fsp3) is 0.625. The van der Waals surface area contributed by atoms with Crippen LogP contribution < -0.4 is 5.32 Å². The zero-order chi connectivity index (χ0) is 9.07. The van der Waals surface area contributed by atoms with Gasteiger partial charge in [0.2, 0.25) is 5.91 Å². The zero-order valence-corrected chi connectivity index (χ0v) is 8.12. The molecule has 2 nitrogen and oxygen atoms in total. The minimum Gasteiger partial charge on any atom is -0.348 e. The second-order valence-electron chi connectivity index (χ2n) is 3.47. The molecule has 1 amide bonds. The van der Waals surface area contributed by atoms with Crippen molar-refractivity contribution in [2.24, 2.45) is 0 Å². The highest BCUT2D eigenvalue weighted by Gasteiger charge is 2.11. The average Bonchev–Trinajstić information content (AvgIpc) is 1.53. The van der Waals surface area contributed by atoms with E-state index < -0.39 is 0 Å². The van der Waals surface area contributed by atoms with E-state index >= 15 is 0 Å². The lowest BCUT2D eigenvalue weighted by molar-refractivity contribution is -0.117. The summed E-state index contributed by atoms with van der Waals surface area (Å²) in [4.78, 5) is 11.0. The number of allylic oxidation sites excluding steroid dienone is 1. The molecule has 0 unspecified atom stereocenters. The van der Waals surface area contributed by atoms with Crippen LogP contribution >= 0.6 is 11.6 Å². The molecule has 0 saturated carbocycles. The summed E-state index contributed by atoms with van der Waals surface area (Å²) < 4.78 is 0. The van der Waals surface area contributed by atoms with Gasteiger partial charge < -0.3 is 5.32 Å². The smallest absolute Gasteiger partial charge is 0.245 e. The van der Waals surface area contributed by atoms with E-state index in [9.17, 15) is 4.79 Å². The Morgan fingerprint density at radius 1 is 1.45 bits per heavy atom. The summed E-state index contributed by atoms with van der Waals surface area (Å²) in [5, 5.41) is 3.24. The molecular formula is C8H14ClNO. The number of rotatable bonds is 1. The third-order valence-corrected chi connectivity index (χ3v) is 0.937. The van der Waals surface area contributed by atoms with Gasteiger partial charge in [-0.2, -0.15) is 0 Å². The lowest BCUT2D eigenvalue weighted by atomic mass is 10.1. The third kappa shape index (κ3) is 7.40. The molecule has 0 aromatic heterocycles. The fourth-order valence-corrected chi connectivity index (χ4v) is 0.685. The van der Waals surface area contributed by atoms with Crippen molar-refractivity contribution in [3.8, 4) is 0 Å². The Labute approximate surface area is 72.6 Å². The largest absolute Gasteiger partial charge is 0.348 e. The highest BCUT2D eigenvalue weighted by Crippen LogP contribution is 2.01. The number of carbonyl (C=O) groups is 1. The van der Waals surface area contributed by atoms with Crippen LogP contribution in [0.2, 0.25) is 0 Å². The maximum absolute atomic E-state index is 11.0. The molecule has 0 saturated heterocycles. The monoisotopic (exact) mass is 175 g/mol. The summed E-state index contributed by atoms with van der Waals surface area (Å²) in [6, 6.07) is 0. The molecule has 3 heteroatoms. The average molecular weight is 176 g/mol. The van der Waals surface area contributed by atoms with Gasteiger partial charge in [-0.3, -0.25) is 4.79 Å². The van der Waals surface area contributed by atoms with E-state index in [0.29, 0.717) is 5.03 Å². The van der Waals surface area contributed by atoms with Crippen LogP contribution in [0.4, 0.5) is 0 Å². The molecule has 0 fully saturated rings. The normalized spacial score (nSPS) is 13.0. The quantitative estimate of drug-likeness (QED) is 0.608. The molecule has 11 heavy (non-hydrogen) atoms. The first-order valence-corrected chi connectivity index (χ1v) is 3.85. The molecule has 1 N–H and O–H groups in total. The van der Waals surface area contributed by atoms with Gasteiger partial charge in [0.05, 0.1) is 0 Å². The van der Waals surface area contributed by atoms with E-state index in [1.54, 1.807) is 6.92 Å². The zero-order valence-electron chi connectivity index (χ0n) is 7.36. The van der Waals surface area contributed by atoms with Gasteiger partial charge in [0, 0.05) is 16.6 Å². The highest BCUT2D eigenvalue weighted by atomic mass is 35.5. The van der Waals surface area contributed by atoms with Gasteiger partial charge in [-0.15, -0.1) is 0 Å². The summed E-state index contributed by atoms with van der Waals surface area (Å²) >= 11 is 5.50. The molecule has 0 aromatic rings. The van der Waals surface area contributed by atoms with E-state index in [-0.39, 0.29) is 11.4 Å². The number of hydrogen-bond donors (Lipinski definition) is 1. The van der Waals surface area contributed by atoms with Gasteiger partial charge in [0.15, 0.2) is 0 Å². The molecular weight excluding hydrogens is 162 g/mol. The second kappa shape index (κ2) is 3.77. The number of carbonyl (C=O) groups excluding carboxylic acids is 1. The first-order valence-electron chi connectivity index (χ1n) is 3.47. The summed E-state index contributed by atoms with van der Waals surface area (Å²) in [6.45, 7) is 7.43. The second-order valence-corrected chi connectivity index (χ2v) is 4.07. The summed E-state index contributed by atoms with van der Waals surface area (Å²) in [6.07, 6.45) is 1.37. The maximum atomic E-state index is 11.0. The van der Waals surface area contributed by atoms with Crippen LogP contribution in [0.5, 0.6) is 0 Å². The SMILES string of the molecule is C/C(Cl)=C/C(=O)NC(C)(C)C. The Kier molecular flexibility index (Phi) is 3.59. The molecule has 0 heterocycles. The molecule has 0 spiro atoms. The Morgan fingerprint density at radius 2 is 1.91 bits per heavy atom. The number of hydrogen-bond acceptors (Lipinski definition) is 1. The minimum absolute atomic E-state index is 0.148. The van der Waals surface area contributed by atoms with Crippen molar-refractivity contribution in [3.63, 3.8) is 0 Å².